The molecule has 1 atom stereocenters. The van der Waals surface area contributed by atoms with Crippen molar-refractivity contribution in [3.8, 4) is 0 Å². The third-order valence-corrected chi connectivity index (χ3v) is 4.58. The van der Waals surface area contributed by atoms with E-state index in [9.17, 15) is 9.59 Å². The lowest BCUT2D eigenvalue weighted by Crippen LogP contribution is -2.53. The van der Waals surface area contributed by atoms with Gasteiger partial charge in [0.05, 0.1) is 12.7 Å². The standard InChI is InChI=1S/C16H18BrNO3/c1-3-9-16(15(20)21-2)10-6-11-18(16)14(19)12-7-4-5-8-13(12)17/h3-5,7-8H,1,6,9-11H2,2H3. The minimum absolute atomic E-state index is 0.160. The van der Waals surface area contributed by atoms with E-state index in [1.54, 1.807) is 23.1 Å². The molecule has 1 unspecified atom stereocenters. The Balaban J connectivity index is 2.41. The zero-order valence-corrected chi connectivity index (χ0v) is 13.6. The van der Waals surface area contributed by atoms with E-state index < -0.39 is 5.54 Å². The second kappa shape index (κ2) is 6.43. The summed E-state index contributed by atoms with van der Waals surface area (Å²) in [5, 5.41) is 0. The molecule has 4 nitrogen and oxygen atoms in total. The highest BCUT2D eigenvalue weighted by atomic mass is 79.9. The number of ether oxygens (including phenoxy) is 1. The Labute approximate surface area is 132 Å². The number of carbonyl (C=O) groups excluding carboxylic acids is 2. The van der Waals surface area contributed by atoms with Crippen LogP contribution in [0, 0.1) is 0 Å². The normalized spacial score (nSPS) is 21.1. The first-order valence-electron chi connectivity index (χ1n) is 6.82. The number of carbonyl (C=O) groups is 2. The van der Waals surface area contributed by atoms with Gasteiger partial charge in [0.2, 0.25) is 0 Å². The minimum atomic E-state index is -0.928. The largest absolute Gasteiger partial charge is 0.467 e. The number of hydrogen-bond acceptors (Lipinski definition) is 3. The van der Waals surface area contributed by atoms with Gasteiger partial charge in [-0.15, -0.1) is 6.58 Å². The zero-order chi connectivity index (χ0) is 15.5. The molecule has 21 heavy (non-hydrogen) atoms. The lowest BCUT2D eigenvalue weighted by molar-refractivity contribution is -0.152. The first kappa shape index (κ1) is 15.8. The highest BCUT2D eigenvalue weighted by molar-refractivity contribution is 9.10. The molecule has 1 saturated heterocycles. The second-order valence-corrected chi connectivity index (χ2v) is 5.91. The third kappa shape index (κ3) is 2.75. The van der Waals surface area contributed by atoms with E-state index in [0.29, 0.717) is 24.9 Å². The smallest absolute Gasteiger partial charge is 0.332 e. The maximum Gasteiger partial charge on any atom is 0.332 e. The molecule has 0 bridgehead atoms. The van der Waals surface area contributed by atoms with Gasteiger partial charge >= 0.3 is 5.97 Å². The van der Waals surface area contributed by atoms with E-state index in [-0.39, 0.29) is 11.9 Å². The molecular weight excluding hydrogens is 334 g/mol. The number of esters is 1. The van der Waals surface area contributed by atoms with E-state index in [0.717, 1.165) is 10.9 Å². The van der Waals surface area contributed by atoms with Gasteiger partial charge in [-0.25, -0.2) is 4.79 Å². The van der Waals surface area contributed by atoms with Crippen molar-refractivity contribution in [2.75, 3.05) is 13.7 Å². The number of likely N-dealkylation sites (tertiary alicyclic amines) is 1. The highest BCUT2D eigenvalue weighted by Crippen LogP contribution is 2.36. The molecule has 1 aliphatic rings. The van der Waals surface area contributed by atoms with Crippen LogP contribution in [0.1, 0.15) is 29.6 Å². The molecule has 1 aliphatic heterocycles. The maximum absolute atomic E-state index is 12.8. The van der Waals surface area contributed by atoms with Crippen molar-refractivity contribution in [2.24, 2.45) is 0 Å². The Morgan fingerprint density at radius 3 is 2.81 bits per heavy atom. The summed E-state index contributed by atoms with van der Waals surface area (Å²) in [6.45, 7) is 4.26. The quantitative estimate of drug-likeness (QED) is 0.618. The van der Waals surface area contributed by atoms with Crippen LogP contribution in [0.15, 0.2) is 41.4 Å². The molecule has 0 saturated carbocycles. The van der Waals surface area contributed by atoms with Crippen molar-refractivity contribution in [1.82, 2.24) is 4.90 Å². The minimum Gasteiger partial charge on any atom is -0.467 e. The molecule has 0 aliphatic carbocycles. The van der Waals surface area contributed by atoms with Gasteiger partial charge in [-0.2, -0.15) is 0 Å². The van der Waals surface area contributed by atoms with E-state index >= 15 is 0 Å². The van der Waals surface area contributed by atoms with Crippen LogP contribution < -0.4 is 0 Å². The summed E-state index contributed by atoms with van der Waals surface area (Å²) in [6, 6.07) is 7.22. The van der Waals surface area contributed by atoms with Crippen LogP contribution in [0.5, 0.6) is 0 Å². The number of halogens is 1. The first-order chi connectivity index (χ1) is 10.1. The Bertz CT molecular complexity index is 572. The predicted molar refractivity (Wildman–Crippen MR) is 84.0 cm³/mol. The molecule has 5 heteroatoms. The topological polar surface area (TPSA) is 46.6 Å². The van der Waals surface area contributed by atoms with Crippen molar-refractivity contribution in [3.05, 3.63) is 47.0 Å². The van der Waals surface area contributed by atoms with Gasteiger partial charge in [-0.3, -0.25) is 4.79 Å². The maximum atomic E-state index is 12.8. The first-order valence-corrected chi connectivity index (χ1v) is 7.62. The van der Waals surface area contributed by atoms with Crippen LogP contribution in [0.2, 0.25) is 0 Å². The lowest BCUT2D eigenvalue weighted by Gasteiger charge is -2.35. The van der Waals surface area contributed by atoms with Crippen LogP contribution in [0.4, 0.5) is 0 Å². The van der Waals surface area contributed by atoms with Crippen molar-refractivity contribution < 1.29 is 14.3 Å². The van der Waals surface area contributed by atoms with E-state index in [1.807, 2.05) is 12.1 Å². The van der Waals surface area contributed by atoms with Gasteiger partial charge in [-0.05, 0) is 47.3 Å². The summed E-state index contributed by atoms with van der Waals surface area (Å²) < 4.78 is 5.67. The Morgan fingerprint density at radius 1 is 1.48 bits per heavy atom. The second-order valence-electron chi connectivity index (χ2n) is 5.06. The number of hydrogen-bond donors (Lipinski definition) is 0. The highest BCUT2D eigenvalue weighted by Gasteiger charge is 2.50. The third-order valence-electron chi connectivity index (χ3n) is 3.89. The van der Waals surface area contributed by atoms with Gasteiger partial charge in [0.25, 0.3) is 5.91 Å². The molecule has 0 spiro atoms. The number of methoxy groups -OCH3 is 1. The van der Waals surface area contributed by atoms with Gasteiger partial charge in [0.15, 0.2) is 0 Å². The molecule has 0 radical (unpaired) electrons. The van der Waals surface area contributed by atoms with Crippen molar-refractivity contribution in [2.45, 2.75) is 24.8 Å². The molecule has 1 heterocycles. The van der Waals surface area contributed by atoms with Crippen LogP contribution >= 0.6 is 15.9 Å². The molecule has 1 fully saturated rings. The Kier molecular flexibility index (Phi) is 4.83. The number of nitrogens with zero attached hydrogens (tertiary/aromatic N) is 1. The Morgan fingerprint density at radius 2 is 2.19 bits per heavy atom. The monoisotopic (exact) mass is 351 g/mol. The molecule has 1 aromatic rings. The van der Waals surface area contributed by atoms with E-state index in [1.165, 1.54) is 7.11 Å². The predicted octanol–water partition coefficient (Wildman–Crippen LogP) is 3.17. The van der Waals surface area contributed by atoms with Crippen molar-refractivity contribution in [1.29, 1.82) is 0 Å². The summed E-state index contributed by atoms with van der Waals surface area (Å²) in [5.74, 6) is -0.535. The zero-order valence-electron chi connectivity index (χ0n) is 12.0. The molecule has 0 N–H and O–H groups in total. The summed E-state index contributed by atoms with van der Waals surface area (Å²) in [7, 11) is 1.35. The van der Waals surface area contributed by atoms with E-state index in [2.05, 4.69) is 22.5 Å². The number of rotatable bonds is 4. The molecular formula is C16H18BrNO3. The van der Waals surface area contributed by atoms with Gasteiger partial charge < -0.3 is 9.64 Å². The van der Waals surface area contributed by atoms with Crippen LogP contribution in [0.3, 0.4) is 0 Å². The van der Waals surface area contributed by atoms with Gasteiger partial charge in [0, 0.05) is 11.0 Å². The summed E-state index contributed by atoms with van der Waals surface area (Å²) in [5.41, 5.74) is -0.375. The molecule has 112 valence electrons. The average Bonchev–Trinajstić information content (AvgIpc) is 2.91. The fraction of sp³-hybridized carbons (Fsp3) is 0.375. The van der Waals surface area contributed by atoms with Gasteiger partial charge in [-0.1, -0.05) is 18.2 Å². The van der Waals surface area contributed by atoms with Crippen LogP contribution in [-0.2, 0) is 9.53 Å². The molecule has 2 rings (SSSR count). The molecule has 0 aromatic heterocycles. The number of benzene rings is 1. The van der Waals surface area contributed by atoms with Gasteiger partial charge in [0.1, 0.15) is 5.54 Å². The summed E-state index contributed by atoms with van der Waals surface area (Å²) in [4.78, 5) is 26.7. The molecule has 1 amide bonds. The lowest BCUT2D eigenvalue weighted by atomic mass is 9.91. The van der Waals surface area contributed by atoms with Crippen molar-refractivity contribution in [3.63, 3.8) is 0 Å². The van der Waals surface area contributed by atoms with Crippen LogP contribution in [0.25, 0.3) is 0 Å². The number of amides is 1. The van der Waals surface area contributed by atoms with Crippen molar-refractivity contribution >= 4 is 27.8 Å². The van der Waals surface area contributed by atoms with Crippen LogP contribution in [-0.4, -0.2) is 36.0 Å². The fourth-order valence-corrected chi connectivity index (χ4v) is 3.35. The average molecular weight is 352 g/mol. The SMILES string of the molecule is C=CCC1(C(=O)OC)CCCN1C(=O)c1ccccc1Br. The molecule has 1 aromatic carbocycles. The summed E-state index contributed by atoms with van der Waals surface area (Å²) >= 11 is 3.39. The Hall–Kier alpha value is -1.62. The van der Waals surface area contributed by atoms with E-state index in [4.69, 9.17) is 4.74 Å². The fourth-order valence-electron chi connectivity index (χ4n) is 2.89. The summed E-state index contributed by atoms with van der Waals surface area (Å²) in [6.07, 6.45) is 3.44.